The van der Waals surface area contributed by atoms with Crippen molar-refractivity contribution in [3.8, 4) is 0 Å². The molecule has 2 heterocycles. The van der Waals surface area contributed by atoms with Crippen molar-refractivity contribution in [2.24, 2.45) is 0 Å². The van der Waals surface area contributed by atoms with Crippen molar-refractivity contribution in [3.05, 3.63) is 72.2 Å². The SMILES string of the molecule is COC(=O)/C=C/C1=CN(C)C=CC1c1c[nH]c2ccccc12. The summed E-state index contributed by atoms with van der Waals surface area (Å²) in [6.07, 6.45) is 11.5. The summed E-state index contributed by atoms with van der Waals surface area (Å²) in [6, 6.07) is 8.22. The molecule has 2 aromatic rings. The minimum absolute atomic E-state index is 0.105. The van der Waals surface area contributed by atoms with Crippen LogP contribution in [-0.4, -0.2) is 30.0 Å². The van der Waals surface area contributed by atoms with E-state index in [0.29, 0.717) is 0 Å². The molecule has 22 heavy (non-hydrogen) atoms. The van der Waals surface area contributed by atoms with E-state index in [1.54, 1.807) is 0 Å². The Hall–Kier alpha value is -2.75. The van der Waals surface area contributed by atoms with E-state index in [1.807, 2.05) is 48.8 Å². The molecule has 1 atom stereocenters. The molecule has 112 valence electrons. The highest BCUT2D eigenvalue weighted by Crippen LogP contribution is 2.34. The van der Waals surface area contributed by atoms with Crippen molar-refractivity contribution in [3.63, 3.8) is 0 Å². The van der Waals surface area contributed by atoms with Crippen LogP contribution in [0.25, 0.3) is 10.9 Å². The van der Waals surface area contributed by atoms with Gasteiger partial charge in [-0.15, -0.1) is 0 Å². The predicted octanol–water partition coefficient (Wildman–Crippen LogP) is 3.32. The van der Waals surface area contributed by atoms with Crippen LogP contribution in [0.4, 0.5) is 0 Å². The summed E-state index contributed by atoms with van der Waals surface area (Å²) < 4.78 is 4.67. The van der Waals surface area contributed by atoms with E-state index < -0.39 is 0 Å². The maximum Gasteiger partial charge on any atom is 0.330 e. The molecule has 0 aliphatic carbocycles. The Morgan fingerprint density at radius 1 is 1.36 bits per heavy atom. The number of rotatable bonds is 3. The van der Waals surface area contributed by atoms with Crippen molar-refractivity contribution in [2.75, 3.05) is 14.2 Å². The van der Waals surface area contributed by atoms with E-state index in [4.69, 9.17) is 0 Å². The zero-order chi connectivity index (χ0) is 15.5. The van der Waals surface area contributed by atoms with E-state index in [0.717, 1.165) is 11.1 Å². The molecule has 1 N–H and O–H groups in total. The summed E-state index contributed by atoms with van der Waals surface area (Å²) in [4.78, 5) is 16.6. The molecule has 0 amide bonds. The lowest BCUT2D eigenvalue weighted by Gasteiger charge is -2.22. The van der Waals surface area contributed by atoms with Crippen LogP contribution >= 0.6 is 0 Å². The highest BCUT2D eigenvalue weighted by Gasteiger charge is 2.19. The Balaban J connectivity index is 2.00. The van der Waals surface area contributed by atoms with Gasteiger partial charge in [-0.3, -0.25) is 0 Å². The number of hydrogen-bond donors (Lipinski definition) is 1. The number of para-hydroxylation sites is 1. The number of H-pyrrole nitrogens is 1. The molecule has 1 aliphatic heterocycles. The van der Waals surface area contributed by atoms with Crippen molar-refractivity contribution in [2.45, 2.75) is 5.92 Å². The zero-order valence-corrected chi connectivity index (χ0v) is 12.6. The number of fused-ring (bicyclic) bond motifs is 1. The number of allylic oxidation sites excluding steroid dienone is 3. The fourth-order valence-corrected chi connectivity index (χ4v) is 2.70. The lowest BCUT2D eigenvalue weighted by Crippen LogP contribution is -2.12. The van der Waals surface area contributed by atoms with Crippen LogP contribution in [0.1, 0.15) is 11.5 Å². The minimum Gasteiger partial charge on any atom is -0.466 e. The highest BCUT2D eigenvalue weighted by atomic mass is 16.5. The number of aromatic nitrogens is 1. The molecule has 0 fully saturated rings. The molecule has 4 nitrogen and oxygen atoms in total. The zero-order valence-electron chi connectivity index (χ0n) is 12.6. The predicted molar refractivity (Wildman–Crippen MR) is 87.2 cm³/mol. The monoisotopic (exact) mass is 294 g/mol. The standard InChI is InChI=1S/C18H18N2O2/c1-20-10-9-14(13(12-20)7-8-18(21)22-2)16-11-19-17-6-4-3-5-15(16)17/h3-12,14,19H,1-2H3/b8-7+. The van der Waals surface area contributed by atoms with Crippen LogP contribution in [-0.2, 0) is 9.53 Å². The van der Waals surface area contributed by atoms with Crippen LogP contribution in [0, 0.1) is 0 Å². The normalized spacial score (nSPS) is 18.0. The number of aromatic amines is 1. The van der Waals surface area contributed by atoms with Crippen molar-refractivity contribution in [1.82, 2.24) is 9.88 Å². The molecule has 1 unspecified atom stereocenters. The molecular weight excluding hydrogens is 276 g/mol. The third-order valence-corrected chi connectivity index (χ3v) is 3.79. The Bertz CT molecular complexity index is 783. The molecule has 1 aliphatic rings. The lowest BCUT2D eigenvalue weighted by atomic mass is 9.89. The third kappa shape index (κ3) is 2.68. The first-order valence-electron chi connectivity index (χ1n) is 7.13. The summed E-state index contributed by atoms with van der Waals surface area (Å²) in [5.41, 5.74) is 3.35. The highest BCUT2D eigenvalue weighted by molar-refractivity contribution is 5.85. The first kappa shape index (κ1) is 14.2. The number of carbonyl (C=O) groups is 1. The molecule has 0 spiro atoms. The number of esters is 1. The Morgan fingerprint density at radius 3 is 3.00 bits per heavy atom. The van der Waals surface area contributed by atoms with Gasteiger partial charge in [-0.1, -0.05) is 24.3 Å². The van der Waals surface area contributed by atoms with E-state index in [-0.39, 0.29) is 11.9 Å². The largest absolute Gasteiger partial charge is 0.466 e. The fourth-order valence-electron chi connectivity index (χ4n) is 2.70. The number of hydrogen-bond acceptors (Lipinski definition) is 3. The average Bonchev–Trinajstić information content (AvgIpc) is 2.96. The molecule has 0 bridgehead atoms. The summed E-state index contributed by atoms with van der Waals surface area (Å²) in [5.74, 6) is -0.246. The van der Waals surface area contributed by atoms with E-state index in [2.05, 4.69) is 27.9 Å². The maximum absolute atomic E-state index is 11.4. The molecule has 4 heteroatoms. The number of nitrogens with one attached hydrogen (secondary N) is 1. The lowest BCUT2D eigenvalue weighted by molar-refractivity contribution is -0.134. The van der Waals surface area contributed by atoms with Crippen molar-refractivity contribution >= 4 is 16.9 Å². The van der Waals surface area contributed by atoms with Crippen molar-refractivity contribution in [1.29, 1.82) is 0 Å². The van der Waals surface area contributed by atoms with E-state index in [9.17, 15) is 4.79 Å². The van der Waals surface area contributed by atoms with Gasteiger partial charge in [0.1, 0.15) is 0 Å². The Morgan fingerprint density at radius 2 is 2.18 bits per heavy atom. The first-order chi connectivity index (χ1) is 10.7. The van der Waals surface area contributed by atoms with Crippen LogP contribution in [0.15, 0.2) is 66.7 Å². The van der Waals surface area contributed by atoms with Gasteiger partial charge in [-0.2, -0.15) is 0 Å². The average molecular weight is 294 g/mol. The summed E-state index contributed by atoms with van der Waals surface area (Å²) >= 11 is 0. The minimum atomic E-state index is -0.351. The smallest absolute Gasteiger partial charge is 0.330 e. The van der Waals surface area contributed by atoms with Gasteiger partial charge in [-0.25, -0.2) is 4.79 Å². The Labute approximate surface area is 129 Å². The molecule has 0 saturated carbocycles. The Kier molecular flexibility index (Phi) is 3.83. The number of nitrogens with zero attached hydrogens (tertiary/aromatic N) is 1. The molecule has 0 radical (unpaired) electrons. The van der Waals surface area contributed by atoms with Gasteiger partial charge in [0.15, 0.2) is 0 Å². The number of methoxy groups -OCH3 is 1. The second-order valence-electron chi connectivity index (χ2n) is 5.26. The number of ether oxygens (including phenoxy) is 1. The van der Waals surface area contributed by atoms with Gasteiger partial charge in [0.05, 0.1) is 7.11 Å². The van der Waals surface area contributed by atoms with Gasteiger partial charge < -0.3 is 14.6 Å². The van der Waals surface area contributed by atoms with Gasteiger partial charge in [-0.05, 0) is 23.3 Å². The number of benzene rings is 1. The van der Waals surface area contributed by atoms with Crippen LogP contribution in [0.2, 0.25) is 0 Å². The third-order valence-electron chi connectivity index (χ3n) is 3.79. The first-order valence-corrected chi connectivity index (χ1v) is 7.13. The van der Waals surface area contributed by atoms with Gasteiger partial charge in [0, 0.05) is 48.5 Å². The topological polar surface area (TPSA) is 45.3 Å². The van der Waals surface area contributed by atoms with E-state index >= 15 is 0 Å². The summed E-state index contributed by atoms with van der Waals surface area (Å²) in [5, 5.41) is 1.19. The van der Waals surface area contributed by atoms with Gasteiger partial charge in [0.25, 0.3) is 0 Å². The molecule has 1 aromatic carbocycles. The molecule has 1 aromatic heterocycles. The maximum atomic E-state index is 11.4. The summed E-state index contributed by atoms with van der Waals surface area (Å²) in [7, 11) is 3.35. The van der Waals surface area contributed by atoms with E-state index in [1.165, 1.54) is 24.1 Å². The molecule has 0 saturated heterocycles. The second kappa shape index (κ2) is 5.93. The van der Waals surface area contributed by atoms with Crippen LogP contribution in [0.5, 0.6) is 0 Å². The fraction of sp³-hybridized carbons (Fsp3) is 0.167. The second-order valence-corrected chi connectivity index (χ2v) is 5.26. The molecular formula is C18H18N2O2. The van der Waals surface area contributed by atoms with Gasteiger partial charge >= 0.3 is 5.97 Å². The number of carbonyl (C=O) groups excluding carboxylic acids is 1. The van der Waals surface area contributed by atoms with Gasteiger partial charge in [0.2, 0.25) is 0 Å². The van der Waals surface area contributed by atoms with Crippen LogP contribution in [0.3, 0.4) is 0 Å². The van der Waals surface area contributed by atoms with Crippen molar-refractivity contribution < 1.29 is 9.53 Å². The quantitative estimate of drug-likeness (QED) is 0.697. The van der Waals surface area contributed by atoms with Crippen LogP contribution < -0.4 is 0 Å². The summed E-state index contributed by atoms with van der Waals surface area (Å²) in [6.45, 7) is 0. The molecule has 3 rings (SSSR count).